The molecule has 2 atom stereocenters. The van der Waals surface area contributed by atoms with Crippen molar-refractivity contribution in [1.29, 1.82) is 0 Å². The molecule has 1 aromatic heterocycles. The molecule has 0 bridgehead atoms. The van der Waals surface area contributed by atoms with Gasteiger partial charge in [-0.05, 0) is 25.5 Å². The van der Waals surface area contributed by atoms with E-state index in [1.165, 1.54) is 0 Å². The summed E-state index contributed by atoms with van der Waals surface area (Å²) in [5.41, 5.74) is 1.24. The number of para-hydroxylation sites is 1. The molecule has 0 saturated carbocycles. The van der Waals surface area contributed by atoms with Crippen LogP contribution in [0.4, 0.5) is 14.5 Å². The van der Waals surface area contributed by atoms with Crippen LogP contribution < -0.4 is 5.32 Å². The van der Waals surface area contributed by atoms with E-state index in [-0.39, 0.29) is 17.2 Å². The number of nitrogens with one attached hydrogen (secondary N) is 2. The molecule has 26 heavy (non-hydrogen) atoms. The fourth-order valence-electron chi connectivity index (χ4n) is 3.86. The van der Waals surface area contributed by atoms with Crippen LogP contribution in [0.25, 0.3) is 22.0 Å². The van der Waals surface area contributed by atoms with E-state index in [1.54, 1.807) is 38.2 Å². The van der Waals surface area contributed by atoms with E-state index in [0.29, 0.717) is 21.7 Å². The number of fused-ring (bicyclic) bond motifs is 2. The number of hydrogen-bond acceptors (Lipinski definition) is 2. The molecule has 2 aromatic carbocycles. The Kier molecular flexibility index (Phi) is 3.79. The number of rotatable bonds is 1. The van der Waals surface area contributed by atoms with Gasteiger partial charge in [-0.1, -0.05) is 36.7 Å². The lowest BCUT2D eigenvalue weighted by atomic mass is 9.78. The Hall–Kier alpha value is -2.11. The van der Waals surface area contributed by atoms with Gasteiger partial charge in [-0.15, -0.1) is 0 Å². The lowest BCUT2D eigenvalue weighted by Gasteiger charge is -2.42. The lowest BCUT2D eigenvalue weighted by molar-refractivity contribution is 0.0863. The van der Waals surface area contributed by atoms with Gasteiger partial charge in [-0.25, -0.2) is 8.78 Å². The quantitative estimate of drug-likeness (QED) is 0.530. The smallest absolute Gasteiger partial charge is 0.182 e. The number of aromatic nitrogens is 1. The third-order valence-electron chi connectivity index (χ3n) is 5.34. The summed E-state index contributed by atoms with van der Waals surface area (Å²) in [7, 11) is 0. The largest absolute Gasteiger partial charge is 0.390 e. The normalized spacial score (nSPS) is 21.5. The van der Waals surface area contributed by atoms with Crippen molar-refractivity contribution in [3.05, 3.63) is 52.7 Å². The Bertz CT molecular complexity index is 1030. The molecule has 4 rings (SSSR count). The molecular weight excluding hydrogens is 358 g/mol. The lowest BCUT2D eigenvalue weighted by Crippen LogP contribution is -2.50. The number of aromatic amines is 1. The van der Waals surface area contributed by atoms with Crippen molar-refractivity contribution < 1.29 is 13.9 Å². The van der Waals surface area contributed by atoms with Crippen molar-refractivity contribution in [2.45, 2.75) is 38.3 Å². The minimum atomic E-state index is -0.931. The zero-order valence-electron chi connectivity index (χ0n) is 14.6. The van der Waals surface area contributed by atoms with Crippen LogP contribution in [0.5, 0.6) is 0 Å². The van der Waals surface area contributed by atoms with Crippen LogP contribution in [0.15, 0.2) is 30.5 Å². The number of benzene rings is 2. The van der Waals surface area contributed by atoms with Gasteiger partial charge in [0.2, 0.25) is 0 Å². The predicted octanol–water partition coefficient (Wildman–Crippen LogP) is 5.44. The van der Waals surface area contributed by atoms with Gasteiger partial charge in [0.15, 0.2) is 11.6 Å². The maximum Gasteiger partial charge on any atom is 0.182 e. The van der Waals surface area contributed by atoms with E-state index in [1.807, 2.05) is 13.0 Å². The van der Waals surface area contributed by atoms with Crippen molar-refractivity contribution in [3.8, 4) is 11.1 Å². The first kappa shape index (κ1) is 17.3. The molecule has 2 unspecified atom stereocenters. The summed E-state index contributed by atoms with van der Waals surface area (Å²) in [5.74, 6) is -2.20. The summed E-state index contributed by atoms with van der Waals surface area (Å²) in [4.78, 5) is 3.03. The summed E-state index contributed by atoms with van der Waals surface area (Å²) in [6, 6.07) is 6.92. The van der Waals surface area contributed by atoms with Crippen LogP contribution in [0, 0.1) is 11.6 Å². The van der Waals surface area contributed by atoms with E-state index >= 15 is 0 Å². The highest BCUT2D eigenvalue weighted by Crippen LogP contribution is 2.44. The van der Waals surface area contributed by atoms with E-state index in [9.17, 15) is 13.9 Å². The summed E-state index contributed by atoms with van der Waals surface area (Å²) < 4.78 is 29.9. The maximum absolute atomic E-state index is 15.0. The molecular formula is C20H19ClF2N2O. The van der Waals surface area contributed by atoms with E-state index < -0.39 is 23.3 Å². The van der Waals surface area contributed by atoms with Crippen LogP contribution in [0.1, 0.15) is 32.3 Å². The molecule has 2 heterocycles. The Morgan fingerprint density at radius 3 is 2.62 bits per heavy atom. The molecule has 3 aromatic rings. The van der Waals surface area contributed by atoms with Crippen LogP contribution in [-0.4, -0.2) is 21.7 Å². The highest BCUT2D eigenvalue weighted by Gasteiger charge is 2.41. The van der Waals surface area contributed by atoms with E-state index in [0.717, 1.165) is 5.39 Å². The van der Waals surface area contributed by atoms with Gasteiger partial charge < -0.3 is 15.4 Å². The van der Waals surface area contributed by atoms with Crippen LogP contribution in [0.2, 0.25) is 5.02 Å². The minimum Gasteiger partial charge on any atom is -0.390 e. The third-order valence-corrected chi connectivity index (χ3v) is 5.66. The van der Waals surface area contributed by atoms with Gasteiger partial charge in [-0.3, -0.25) is 0 Å². The molecule has 1 aliphatic rings. The summed E-state index contributed by atoms with van der Waals surface area (Å²) >= 11 is 6.15. The van der Waals surface area contributed by atoms with E-state index in [2.05, 4.69) is 10.3 Å². The molecule has 0 fully saturated rings. The first-order valence-electron chi connectivity index (χ1n) is 8.46. The average Bonchev–Trinajstić information content (AvgIpc) is 2.98. The van der Waals surface area contributed by atoms with Gasteiger partial charge in [-0.2, -0.15) is 0 Å². The van der Waals surface area contributed by atoms with Crippen molar-refractivity contribution in [2.75, 3.05) is 5.32 Å². The highest BCUT2D eigenvalue weighted by atomic mass is 35.5. The molecule has 0 saturated heterocycles. The maximum atomic E-state index is 15.0. The van der Waals surface area contributed by atoms with Crippen molar-refractivity contribution in [1.82, 2.24) is 4.98 Å². The molecule has 1 aliphatic heterocycles. The molecule has 136 valence electrons. The van der Waals surface area contributed by atoms with Gasteiger partial charge >= 0.3 is 0 Å². The number of anilines is 1. The van der Waals surface area contributed by atoms with Gasteiger partial charge in [0.25, 0.3) is 0 Å². The second kappa shape index (κ2) is 5.69. The zero-order chi connectivity index (χ0) is 18.8. The molecule has 3 nitrogen and oxygen atoms in total. The molecule has 0 aliphatic carbocycles. The summed E-state index contributed by atoms with van der Waals surface area (Å²) in [6.07, 6.45) is 0.891. The molecule has 0 amide bonds. The second-order valence-electron chi connectivity index (χ2n) is 7.46. The first-order valence-corrected chi connectivity index (χ1v) is 8.84. The Balaban J connectivity index is 1.99. The zero-order valence-corrected chi connectivity index (χ0v) is 15.4. The third kappa shape index (κ3) is 2.34. The van der Waals surface area contributed by atoms with Crippen LogP contribution >= 0.6 is 11.6 Å². The molecule has 6 heteroatoms. The summed E-state index contributed by atoms with van der Waals surface area (Å²) in [5, 5.41) is 14.8. The SMILES string of the molecule is CC1c2cc(-c3cccc4c(Cl)c[nH]c34)c(F)c(F)c2NC(C)(C)C1O. The average molecular weight is 377 g/mol. The molecule has 0 spiro atoms. The topological polar surface area (TPSA) is 48.0 Å². The minimum absolute atomic E-state index is 0.116. The standard InChI is InChI=1S/C20H19ClF2N2O/c1-9-12-7-13(10-5-4-6-11-14(21)8-24-17(10)11)15(22)16(23)18(12)25-20(2,3)19(9)26/h4-9,19,24-26H,1-3H3. The van der Waals surface area contributed by atoms with Crippen LogP contribution in [-0.2, 0) is 0 Å². The van der Waals surface area contributed by atoms with Crippen molar-refractivity contribution >= 4 is 28.2 Å². The number of H-pyrrole nitrogens is 1. The first-order chi connectivity index (χ1) is 12.2. The Labute approximate surface area is 155 Å². The van der Waals surface area contributed by atoms with Gasteiger partial charge in [0.05, 0.1) is 27.9 Å². The van der Waals surface area contributed by atoms with E-state index in [4.69, 9.17) is 11.6 Å². The van der Waals surface area contributed by atoms with Gasteiger partial charge in [0, 0.05) is 28.6 Å². The number of aliphatic hydroxyl groups is 1. The van der Waals surface area contributed by atoms with Crippen molar-refractivity contribution in [3.63, 3.8) is 0 Å². The Morgan fingerprint density at radius 1 is 1.15 bits per heavy atom. The fourth-order valence-corrected chi connectivity index (χ4v) is 4.08. The summed E-state index contributed by atoms with van der Waals surface area (Å²) in [6.45, 7) is 5.35. The highest BCUT2D eigenvalue weighted by molar-refractivity contribution is 6.36. The van der Waals surface area contributed by atoms with Gasteiger partial charge in [0.1, 0.15) is 0 Å². The molecule has 3 N–H and O–H groups in total. The molecule has 0 radical (unpaired) electrons. The monoisotopic (exact) mass is 376 g/mol. The Morgan fingerprint density at radius 2 is 1.88 bits per heavy atom. The van der Waals surface area contributed by atoms with Crippen LogP contribution in [0.3, 0.4) is 0 Å². The fraction of sp³-hybridized carbons (Fsp3) is 0.300. The number of aliphatic hydroxyl groups excluding tert-OH is 1. The number of halogens is 3. The predicted molar refractivity (Wildman–Crippen MR) is 101 cm³/mol. The second-order valence-corrected chi connectivity index (χ2v) is 7.87. The number of hydrogen-bond donors (Lipinski definition) is 3. The van der Waals surface area contributed by atoms with Crippen molar-refractivity contribution in [2.24, 2.45) is 0 Å².